The van der Waals surface area contributed by atoms with Crippen LogP contribution >= 0.6 is 23.2 Å². The van der Waals surface area contributed by atoms with E-state index in [9.17, 15) is 4.79 Å². The summed E-state index contributed by atoms with van der Waals surface area (Å²) in [5.41, 5.74) is 7.24. The SMILES string of the molecule is Cc1cc(/C=N\NC(=O)CNc2ccccc2)c(C)n1-c1ccc(Cl)c(Cl)c1. The predicted octanol–water partition coefficient (Wildman–Crippen LogP) is 4.96. The van der Waals surface area contributed by atoms with Gasteiger partial charge in [0.25, 0.3) is 5.91 Å². The van der Waals surface area contributed by atoms with E-state index in [1.165, 1.54) is 0 Å². The third-order valence-electron chi connectivity index (χ3n) is 4.25. The van der Waals surface area contributed by atoms with Gasteiger partial charge in [-0.2, -0.15) is 5.10 Å². The lowest BCUT2D eigenvalue weighted by molar-refractivity contribution is -0.119. The zero-order chi connectivity index (χ0) is 20.1. The Morgan fingerprint density at radius 3 is 2.54 bits per heavy atom. The zero-order valence-corrected chi connectivity index (χ0v) is 17.1. The molecule has 0 aliphatic rings. The number of anilines is 1. The summed E-state index contributed by atoms with van der Waals surface area (Å²) in [4.78, 5) is 11.9. The van der Waals surface area contributed by atoms with Crippen LogP contribution in [0.15, 0.2) is 59.7 Å². The van der Waals surface area contributed by atoms with E-state index in [4.69, 9.17) is 23.2 Å². The summed E-state index contributed by atoms with van der Waals surface area (Å²) in [7, 11) is 0. The number of nitrogens with one attached hydrogen (secondary N) is 2. The Kier molecular flexibility index (Phi) is 6.39. The molecule has 1 heterocycles. The van der Waals surface area contributed by atoms with Gasteiger partial charge in [-0.05, 0) is 50.2 Å². The summed E-state index contributed by atoms with van der Waals surface area (Å²) >= 11 is 12.2. The topological polar surface area (TPSA) is 58.4 Å². The Morgan fingerprint density at radius 1 is 1.07 bits per heavy atom. The van der Waals surface area contributed by atoms with E-state index in [0.717, 1.165) is 28.3 Å². The van der Waals surface area contributed by atoms with Crippen molar-refractivity contribution in [2.24, 2.45) is 5.10 Å². The first-order valence-electron chi connectivity index (χ1n) is 8.71. The monoisotopic (exact) mass is 414 g/mol. The van der Waals surface area contributed by atoms with Crippen LogP contribution in [0.25, 0.3) is 5.69 Å². The van der Waals surface area contributed by atoms with Crippen LogP contribution in [-0.2, 0) is 4.79 Å². The maximum atomic E-state index is 11.9. The van der Waals surface area contributed by atoms with Crippen LogP contribution in [0.4, 0.5) is 5.69 Å². The highest BCUT2D eigenvalue weighted by Crippen LogP contribution is 2.27. The molecule has 0 fully saturated rings. The molecule has 0 bridgehead atoms. The molecular formula is C21H20Cl2N4O. The van der Waals surface area contributed by atoms with Crippen molar-refractivity contribution in [2.45, 2.75) is 13.8 Å². The Bertz CT molecular complexity index is 1010. The molecule has 0 aliphatic carbocycles. The molecule has 0 unspecified atom stereocenters. The summed E-state index contributed by atoms with van der Waals surface area (Å²) in [6.45, 7) is 4.12. The minimum atomic E-state index is -0.224. The number of hydrogen-bond acceptors (Lipinski definition) is 3. The maximum absolute atomic E-state index is 11.9. The fourth-order valence-corrected chi connectivity index (χ4v) is 3.18. The number of halogens is 2. The van der Waals surface area contributed by atoms with Gasteiger partial charge < -0.3 is 9.88 Å². The number of amides is 1. The normalized spacial score (nSPS) is 11.0. The van der Waals surface area contributed by atoms with E-state index < -0.39 is 0 Å². The molecular weight excluding hydrogens is 395 g/mol. The van der Waals surface area contributed by atoms with Gasteiger partial charge in [-0.15, -0.1) is 0 Å². The number of para-hydroxylation sites is 1. The second-order valence-electron chi connectivity index (χ2n) is 6.27. The van der Waals surface area contributed by atoms with Gasteiger partial charge in [0.2, 0.25) is 0 Å². The maximum Gasteiger partial charge on any atom is 0.259 e. The molecule has 0 spiro atoms. The molecule has 5 nitrogen and oxygen atoms in total. The minimum absolute atomic E-state index is 0.143. The number of benzene rings is 2. The Hall–Kier alpha value is -2.76. The Labute approximate surface area is 174 Å². The number of carbonyl (C=O) groups is 1. The molecule has 3 rings (SSSR count). The predicted molar refractivity (Wildman–Crippen MR) is 116 cm³/mol. The van der Waals surface area contributed by atoms with Crippen LogP contribution in [0.1, 0.15) is 17.0 Å². The van der Waals surface area contributed by atoms with Crippen molar-refractivity contribution < 1.29 is 4.79 Å². The van der Waals surface area contributed by atoms with Gasteiger partial charge in [0.05, 0.1) is 22.8 Å². The van der Waals surface area contributed by atoms with Gasteiger partial charge in [-0.1, -0.05) is 41.4 Å². The molecule has 0 atom stereocenters. The van der Waals surface area contributed by atoms with Gasteiger partial charge in [0.1, 0.15) is 0 Å². The van der Waals surface area contributed by atoms with Crippen molar-refractivity contribution in [1.29, 1.82) is 0 Å². The molecule has 0 saturated heterocycles. The van der Waals surface area contributed by atoms with Crippen molar-refractivity contribution >= 4 is 41.0 Å². The van der Waals surface area contributed by atoms with E-state index in [2.05, 4.69) is 20.4 Å². The van der Waals surface area contributed by atoms with E-state index in [1.807, 2.05) is 62.4 Å². The van der Waals surface area contributed by atoms with Gasteiger partial charge in [-0.25, -0.2) is 5.43 Å². The molecule has 0 radical (unpaired) electrons. The van der Waals surface area contributed by atoms with Crippen molar-refractivity contribution in [3.63, 3.8) is 0 Å². The van der Waals surface area contributed by atoms with Crippen LogP contribution in [-0.4, -0.2) is 23.2 Å². The van der Waals surface area contributed by atoms with Gasteiger partial charge in [0, 0.05) is 28.3 Å². The van der Waals surface area contributed by atoms with Crippen LogP contribution in [0.5, 0.6) is 0 Å². The summed E-state index contributed by atoms with van der Waals surface area (Å²) in [6.07, 6.45) is 1.64. The summed E-state index contributed by atoms with van der Waals surface area (Å²) in [6, 6.07) is 17.0. The lowest BCUT2D eigenvalue weighted by Gasteiger charge is -2.10. The first-order chi connectivity index (χ1) is 13.5. The van der Waals surface area contributed by atoms with Crippen LogP contribution in [0, 0.1) is 13.8 Å². The zero-order valence-electron chi connectivity index (χ0n) is 15.5. The van der Waals surface area contributed by atoms with Gasteiger partial charge in [-0.3, -0.25) is 4.79 Å². The minimum Gasteiger partial charge on any atom is -0.376 e. The number of rotatable bonds is 6. The summed E-state index contributed by atoms with van der Waals surface area (Å²) < 4.78 is 2.06. The Morgan fingerprint density at radius 2 is 1.82 bits per heavy atom. The molecule has 1 aromatic heterocycles. The molecule has 28 heavy (non-hydrogen) atoms. The molecule has 3 aromatic rings. The summed E-state index contributed by atoms with van der Waals surface area (Å²) in [5, 5.41) is 8.12. The van der Waals surface area contributed by atoms with Crippen LogP contribution < -0.4 is 10.7 Å². The summed E-state index contributed by atoms with van der Waals surface area (Å²) in [5.74, 6) is -0.224. The third kappa shape index (κ3) is 4.74. The average Bonchev–Trinajstić information content (AvgIpc) is 2.97. The fourth-order valence-electron chi connectivity index (χ4n) is 2.89. The Balaban J connectivity index is 1.66. The van der Waals surface area contributed by atoms with E-state index in [0.29, 0.717) is 10.0 Å². The lowest BCUT2D eigenvalue weighted by atomic mass is 10.2. The molecule has 7 heteroatoms. The lowest BCUT2D eigenvalue weighted by Crippen LogP contribution is -2.25. The molecule has 2 aromatic carbocycles. The molecule has 2 N–H and O–H groups in total. The standard InChI is InChI=1S/C21H20Cl2N4O/c1-14-10-16(15(2)27(14)18-8-9-19(22)20(23)11-18)12-25-26-21(28)13-24-17-6-4-3-5-7-17/h3-12,24H,13H2,1-2H3,(H,26,28)/b25-12-. The quantitative estimate of drug-likeness (QED) is 0.442. The molecule has 0 saturated carbocycles. The first kappa shape index (κ1) is 20.0. The van der Waals surface area contributed by atoms with Crippen molar-refractivity contribution in [2.75, 3.05) is 11.9 Å². The largest absolute Gasteiger partial charge is 0.376 e. The number of carbonyl (C=O) groups excluding carboxylic acids is 1. The highest BCUT2D eigenvalue weighted by molar-refractivity contribution is 6.42. The number of nitrogens with zero attached hydrogens (tertiary/aromatic N) is 2. The first-order valence-corrected chi connectivity index (χ1v) is 9.46. The van der Waals surface area contributed by atoms with Crippen LogP contribution in [0.2, 0.25) is 10.0 Å². The number of aromatic nitrogens is 1. The van der Waals surface area contributed by atoms with Crippen molar-refractivity contribution in [3.8, 4) is 5.69 Å². The number of hydrogen-bond donors (Lipinski definition) is 2. The van der Waals surface area contributed by atoms with Gasteiger partial charge >= 0.3 is 0 Å². The highest BCUT2D eigenvalue weighted by atomic mass is 35.5. The van der Waals surface area contributed by atoms with Crippen molar-refractivity contribution in [3.05, 3.63) is 81.6 Å². The molecule has 144 valence electrons. The van der Waals surface area contributed by atoms with E-state index in [-0.39, 0.29) is 12.5 Å². The number of hydrazone groups is 1. The van der Waals surface area contributed by atoms with Crippen molar-refractivity contribution in [1.82, 2.24) is 9.99 Å². The van der Waals surface area contributed by atoms with E-state index in [1.54, 1.807) is 12.3 Å². The average molecular weight is 415 g/mol. The molecule has 0 aliphatic heterocycles. The fraction of sp³-hybridized carbons (Fsp3) is 0.143. The second kappa shape index (κ2) is 8.95. The van der Waals surface area contributed by atoms with Crippen LogP contribution in [0.3, 0.4) is 0 Å². The second-order valence-corrected chi connectivity index (χ2v) is 7.09. The highest BCUT2D eigenvalue weighted by Gasteiger charge is 2.11. The van der Waals surface area contributed by atoms with E-state index >= 15 is 0 Å². The smallest absolute Gasteiger partial charge is 0.259 e. The van der Waals surface area contributed by atoms with Gasteiger partial charge in [0.15, 0.2) is 0 Å². The third-order valence-corrected chi connectivity index (χ3v) is 4.99. The number of aryl methyl sites for hydroxylation is 1. The molecule has 1 amide bonds.